The van der Waals surface area contributed by atoms with E-state index in [2.05, 4.69) is 59.8 Å². The van der Waals surface area contributed by atoms with Gasteiger partial charge in [0.2, 0.25) is 0 Å². The van der Waals surface area contributed by atoms with Crippen molar-refractivity contribution in [3.05, 3.63) is 88.7 Å². The number of hydrogen-bond donors (Lipinski definition) is 7. The lowest BCUT2D eigenvalue weighted by Gasteiger charge is -2.04. The van der Waals surface area contributed by atoms with Crippen molar-refractivity contribution in [2.75, 3.05) is 0 Å². The van der Waals surface area contributed by atoms with E-state index < -0.39 is 17.9 Å². The van der Waals surface area contributed by atoms with Crippen LogP contribution < -0.4 is 21.4 Å². The normalized spacial score (nSPS) is 12.2. The van der Waals surface area contributed by atoms with Gasteiger partial charge in [0.1, 0.15) is 0 Å². The Morgan fingerprint density at radius 3 is 1.51 bits per heavy atom. The van der Waals surface area contributed by atoms with Crippen LogP contribution in [0, 0.1) is 20.8 Å². The molecule has 236 valence electrons. The molecule has 0 aliphatic carbocycles. The number of carboxylic acid groups (broad SMARTS) is 3. The molecule has 0 saturated carbocycles. The van der Waals surface area contributed by atoms with Crippen LogP contribution in [-0.4, -0.2) is 53.2 Å². The molecule has 0 atom stereocenters. The monoisotopic (exact) mass is 612 g/mol. The summed E-state index contributed by atoms with van der Waals surface area (Å²) in [6.07, 6.45) is 9.43. The number of H-pyrrole nitrogens is 4. The fourth-order valence-electron chi connectivity index (χ4n) is 6.62. The van der Waals surface area contributed by atoms with Crippen LogP contribution in [-0.2, 0) is 46.5 Å². The molecule has 0 radical (unpaired) electrons. The van der Waals surface area contributed by atoms with Gasteiger partial charge in [-0.2, -0.15) is 0 Å². The summed E-state index contributed by atoms with van der Waals surface area (Å²) in [4.78, 5) is 49.5. The SMILES string of the molecule is CCc1c2[nH]c(c1C)C=c1[nH]c(c(CC)c1C)=Cc1[nH]c(c(CC(=O)O)c1CCC(=O)O)C=c1[nH]c(c(C)c1CCC(=O)O)=C2. The summed E-state index contributed by atoms with van der Waals surface area (Å²) in [7, 11) is 0. The molecule has 0 saturated heterocycles. The molecule has 45 heavy (non-hydrogen) atoms. The fraction of sp³-hybridized carbons (Fsp3) is 0.343. The molecule has 0 fully saturated rings. The number of hydrogen-bond acceptors (Lipinski definition) is 3. The summed E-state index contributed by atoms with van der Waals surface area (Å²) >= 11 is 0. The molecule has 5 rings (SSSR count). The minimum Gasteiger partial charge on any atom is -0.481 e. The molecule has 10 heteroatoms. The molecule has 0 spiro atoms. The van der Waals surface area contributed by atoms with Gasteiger partial charge >= 0.3 is 17.9 Å². The summed E-state index contributed by atoms with van der Waals surface area (Å²) < 4.78 is 0. The maximum absolute atomic E-state index is 12.1. The number of rotatable bonds is 10. The average molecular weight is 613 g/mol. The first-order valence-electron chi connectivity index (χ1n) is 15.3. The van der Waals surface area contributed by atoms with Gasteiger partial charge < -0.3 is 35.3 Å². The number of carbonyl (C=O) groups is 3. The lowest BCUT2D eigenvalue weighted by Crippen LogP contribution is -2.14. The molecule has 5 heterocycles. The van der Waals surface area contributed by atoms with Gasteiger partial charge in [0.05, 0.1) is 6.42 Å². The second-order valence-electron chi connectivity index (χ2n) is 11.7. The van der Waals surface area contributed by atoms with E-state index in [0.717, 1.165) is 68.1 Å². The van der Waals surface area contributed by atoms with Gasteiger partial charge in [-0.15, -0.1) is 0 Å². The zero-order chi connectivity index (χ0) is 32.6. The van der Waals surface area contributed by atoms with Crippen molar-refractivity contribution in [1.82, 2.24) is 19.9 Å². The zero-order valence-corrected chi connectivity index (χ0v) is 26.3. The van der Waals surface area contributed by atoms with Crippen LogP contribution in [0.25, 0.3) is 24.3 Å². The molecule has 0 amide bonds. The van der Waals surface area contributed by atoms with Crippen molar-refractivity contribution in [2.24, 2.45) is 0 Å². The number of nitrogens with one attached hydrogen (secondary N) is 4. The van der Waals surface area contributed by atoms with Crippen molar-refractivity contribution < 1.29 is 29.7 Å². The molecule has 4 aromatic rings. The Morgan fingerprint density at radius 2 is 0.956 bits per heavy atom. The van der Waals surface area contributed by atoms with E-state index in [1.807, 2.05) is 19.1 Å². The molecule has 1 aliphatic rings. The third kappa shape index (κ3) is 6.18. The molecular weight excluding hydrogens is 572 g/mol. The van der Waals surface area contributed by atoms with E-state index in [4.69, 9.17) is 0 Å². The zero-order valence-electron chi connectivity index (χ0n) is 26.3. The minimum absolute atomic E-state index is 0.0659. The third-order valence-corrected chi connectivity index (χ3v) is 9.00. The molecule has 0 unspecified atom stereocenters. The molecule has 4 aromatic heterocycles. The van der Waals surface area contributed by atoms with Crippen LogP contribution in [0.2, 0.25) is 0 Å². The van der Waals surface area contributed by atoms with Crippen molar-refractivity contribution in [3.8, 4) is 0 Å². The predicted octanol–water partition coefficient (Wildman–Crippen LogP) is 2.34. The molecule has 10 nitrogen and oxygen atoms in total. The highest BCUT2D eigenvalue weighted by atomic mass is 16.4. The Morgan fingerprint density at radius 1 is 0.511 bits per heavy atom. The highest BCUT2D eigenvalue weighted by molar-refractivity contribution is 5.76. The Bertz CT molecular complexity index is 2080. The first-order valence-corrected chi connectivity index (χ1v) is 15.3. The van der Waals surface area contributed by atoms with Crippen LogP contribution in [0.4, 0.5) is 0 Å². The third-order valence-electron chi connectivity index (χ3n) is 9.00. The maximum Gasteiger partial charge on any atom is 0.307 e. The number of fused-ring (bicyclic) bond motifs is 8. The van der Waals surface area contributed by atoms with Gasteiger partial charge in [0, 0.05) is 57.0 Å². The first-order chi connectivity index (χ1) is 21.4. The molecule has 1 aliphatic heterocycles. The number of carboxylic acids is 3. The van der Waals surface area contributed by atoms with Crippen LogP contribution in [0.5, 0.6) is 0 Å². The highest BCUT2D eigenvalue weighted by Crippen LogP contribution is 2.25. The standard InChI is InChI=1S/C35H40N4O6/c1-6-20-17(3)25-13-26-18(4)21(7-2)29(37-26)15-31-23(9-11-34(42)43)24(12-35(44)45)32(39-31)16-30-22(8-10-33(40)41)19(5)27(38-30)14-28(20)36-25/h13-16,36-39H,6-12H2,1-5H3,(H,40,41)(H,42,43)(H,44,45). The quantitative estimate of drug-likeness (QED) is 0.127. The largest absolute Gasteiger partial charge is 0.481 e. The van der Waals surface area contributed by atoms with Crippen LogP contribution in [0.3, 0.4) is 0 Å². The van der Waals surface area contributed by atoms with Crippen LogP contribution in [0.15, 0.2) is 0 Å². The van der Waals surface area contributed by atoms with Gasteiger partial charge in [-0.05, 0) is 115 Å². The van der Waals surface area contributed by atoms with Crippen molar-refractivity contribution in [2.45, 2.75) is 79.6 Å². The first kappa shape index (κ1) is 31.4. The van der Waals surface area contributed by atoms with Gasteiger partial charge in [-0.1, -0.05) is 13.8 Å². The van der Waals surface area contributed by atoms with Gasteiger partial charge in [-0.3, -0.25) is 14.4 Å². The summed E-state index contributed by atoms with van der Waals surface area (Å²) in [6.45, 7) is 10.3. The van der Waals surface area contributed by atoms with E-state index in [1.165, 1.54) is 5.56 Å². The fourth-order valence-corrected chi connectivity index (χ4v) is 6.62. The van der Waals surface area contributed by atoms with Crippen LogP contribution >= 0.6 is 0 Å². The van der Waals surface area contributed by atoms with Crippen molar-refractivity contribution in [3.63, 3.8) is 0 Å². The topological polar surface area (TPSA) is 175 Å². The minimum atomic E-state index is -1.04. The second-order valence-corrected chi connectivity index (χ2v) is 11.7. The summed E-state index contributed by atoms with van der Waals surface area (Å²) in [5.74, 6) is -2.92. The van der Waals surface area contributed by atoms with Gasteiger partial charge in [0.15, 0.2) is 0 Å². The Hall–Kier alpha value is -4.99. The number of aromatic amines is 4. The lowest BCUT2D eigenvalue weighted by atomic mass is 9.99. The Balaban J connectivity index is 1.95. The van der Waals surface area contributed by atoms with Crippen molar-refractivity contribution >= 4 is 42.2 Å². The molecule has 7 N–H and O–H groups in total. The lowest BCUT2D eigenvalue weighted by molar-refractivity contribution is -0.138. The van der Waals surface area contributed by atoms with E-state index in [-0.39, 0.29) is 32.1 Å². The maximum atomic E-state index is 12.1. The molecule has 8 bridgehead atoms. The summed E-state index contributed by atoms with van der Waals surface area (Å²) in [6, 6.07) is 0. The number of aliphatic carboxylic acids is 3. The van der Waals surface area contributed by atoms with Crippen molar-refractivity contribution in [1.29, 1.82) is 0 Å². The Labute approximate surface area is 259 Å². The highest BCUT2D eigenvalue weighted by Gasteiger charge is 2.20. The summed E-state index contributed by atoms with van der Waals surface area (Å²) in [5, 5.41) is 32.3. The second kappa shape index (κ2) is 12.6. The van der Waals surface area contributed by atoms with Gasteiger partial charge in [-0.25, -0.2) is 0 Å². The Kier molecular flexibility index (Phi) is 8.77. The molecule has 0 aromatic carbocycles. The smallest absolute Gasteiger partial charge is 0.307 e. The number of aromatic nitrogens is 4. The summed E-state index contributed by atoms with van der Waals surface area (Å²) in [5.41, 5.74) is 10.6. The van der Waals surface area contributed by atoms with E-state index in [9.17, 15) is 29.7 Å². The van der Waals surface area contributed by atoms with Gasteiger partial charge in [0.25, 0.3) is 0 Å². The average Bonchev–Trinajstić information content (AvgIpc) is 3.63. The predicted molar refractivity (Wildman–Crippen MR) is 172 cm³/mol. The van der Waals surface area contributed by atoms with E-state index in [1.54, 1.807) is 0 Å². The molecular formula is C35H40N4O6. The van der Waals surface area contributed by atoms with E-state index in [0.29, 0.717) is 27.9 Å². The van der Waals surface area contributed by atoms with Crippen LogP contribution in [0.1, 0.15) is 94.0 Å². The van der Waals surface area contributed by atoms with E-state index >= 15 is 0 Å².